The lowest BCUT2D eigenvalue weighted by atomic mass is 9.69. The predicted octanol–water partition coefficient (Wildman–Crippen LogP) is 5.44. The maximum Gasteiger partial charge on any atom is 0.313 e. The number of carboxylic acid groups (broad SMARTS) is 1. The lowest BCUT2D eigenvalue weighted by molar-refractivity contribution is -0.134. The van der Waals surface area contributed by atoms with Gasteiger partial charge in [-0.3, -0.25) is 9.59 Å². The first-order valence-electron chi connectivity index (χ1n) is 11.3. The summed E-state index contributed by atoms with van der Waals surface area (Å²) in [5, 5.41) is 12.5. The number of nitrogens with one attached hydrogen (secondary N) is 1. The summed E-state index contributed by atoms with van der Waals surface area (Å²) >= 11 is 2.60. The number of thioether (sulfide) groups is 1. The third-order valence-electron chi connectivity index (χ3n) is 6.30. The van der Waals surface area contributed by atoms with E-state index in [9.17, 15) is 9.59 Å². The smallest absolute Gasteiger partial charge is 0.313 e. The number of ether oxygens (including phenoxy) is 1. The Morgan fingerprint density at radius 3 is 2.57 bits per heavy atom. The van der Waals surface area contributed by atoms with Crippen LogP contribution in [0.3, 0.4) is 0 Å². The molecule has 0 spiro atoms. The first-order valence-corrected chi connectivity index (χ1v) is 13.1. The number of rotatable bonds is 10. The predicted molar refractivity (Wildman–Crippen MR) is 121 cm³/mol. The number of anilines is 1. The summed E-state index contributed by atoms with van der Waals surface area (Å²) in [6.07, 6.45) is 13.3. The SMILES string of the molecule is CCCOC1CCC([C@@H](C(=O)Nc2ncc(SCC(=O)O)s2)C2CCCCC2)CC1. The summed E-state index contributed by atoms with van der Waals surface area (Å²) in [5.41, 5.74) is 0. The molecule has 8 heteroatoms. The molecule has 30 heavy (non-hydrogen) atoms. The van der Waals surface area contributed by atoms with Crippen molar-refractivity contribution in [3.63, 3.8) is 0 Å². The second kappa shape index (κ2) is 12.1. The third-order valence-corrected chi connectivity index (χ3v) is 8.39. The highest BCUT2D eigenvalue weighted by Gasteiger charge is 2.38. The number of aliphatic carboxylic acids is 1. The van der Waals surface area contributed by atoms with Crippen LogP contribution >= 0.6 is 23.1 Å². The highest BCUT2D eigenvalue weighted by molar-refractivity contribution is 8.01. The number of hydrogen-bond donors (Lipinski definition) is 2. The minimum absolute atomic E-state index is 0.00359. The Balaban J connectivity index is 1.62. The Morgan fingerprint density at radius 2 is 1.90 bits per heavy atom. The molecule has 0 aliphatic heterocycles. The van der Waals surface area contributed by atoms with Gasteiger partial charge in [0.2, 0.25) is 5.91 Å². The zero-order chi connectivity index (χ0) is 21.3. The van der Waals surface area contributed by atoms with E-state index in [2.05, 4.69) is 17.2 Å². The first-order chi connectivity index (χ1) is 14.6. The Bertz CT molecular complexity index is 682. The van der Waals surface area contributed by atoms with Crippen molar-refractivity contribution in [1.29, 1.82) is 0 Å². The quantitative estimate of drug-likeness (QED) is 0.458. The lowest BCUT2D eigenvalue weighted by Crippen LogP contribution is -2.38. The molecule has 0 bridgehead atoms. The monoisotopic (exact) mass is 454 g/mol. The van der Waals surface area contributed by atoms with Gasteiger partial charge >= 0.3 is 5.97 Å². The van der Waals surface area contributed by atoms with Crippen LogP contribution in [0.15, 0.2) is 10.4 Å². The van der Waals surface area contributed by atoms with Crippen LogP contribution in [-0.2, 0) is 14.3 Å². The number of hydrogen-bond acceptors (Lipinski definition) is 6. The maximum absolute atomic E-state index is 13.4. The fourth-order valence-corrected chi connectivity index (χ4v) is 6.51. The molecular weight excluding hydrogens is 420 g/mol. The second-order valence-corrected chi connectivity index (χ2v) is 10.8. The third kappa shape index (κ3) is 6.95. The van der Waals surface area contributed by atoms with Crippen LogP contribution in [0.1, 0.15) is 71.1 Å². The molecule has 3 rings (SSSR count). The molecule has 1 heterocycles. The highest BCUT2D eigenvalue weighted by atomic mass is 32.2. The maximum atomic E-state index is 13.4. The number of thiazole rings is 1. The summed E-state index contributed by atoms with van der Waals surface area (Å²) in [5.74, 6) is 0.159. The van der Waals surface area contributed by atoms with E-state index in [0.29, 0.717) is 23.1 Å². The van der Waals surface area contributed by atoms with Crippen LogP contribution in [0, 0.1) is 17.8 Å². The van der Waals surface area contributed by atoms with Crippen LogP contribution in [0.25, 0.3) is 0 Å². The summed E-state index contributed by atoms with van der Waals surface area (Å²) in [4.78, 5) is 28.4. The molecule has 1 aromatic heterocycles. The summed E-state index contributed by atoms with van der Waals surface area (Å²) < 4.78 is 6.77. The van der Waals surface area contributed by atoms with Crippen LogP contribution in [0.4, 0.5) is 5.13 Å². The van der Waals surface area contributed by atoms with Gasteiger partial charge in [0, 0.05) is 12.5 Å². The van der Waals surface area contributed by atoms with E-state index in [1.165, 1.54) is 42.4 Å². The topological polar surface area (TPSA) is 88.5 Å². The molecule has 2 aliphatic rings. The summed E-state index contributed by atoms with van der Waals surface area (Å²) in [6.45, 7) is 2.97. The van der Waals surface area contributed by atoms with E-state index in [-0.39, 0.29) is 17.6 Å². The molecule has 1 atom stereocenters. The van der Waals surface area contributed by atoms with Crippen molar-refractivity contribution in [2.24, 2.45) is 17.8 Å². The van der Waals surface area contributed by atoms with Crippen LogP contribution in [-0.4, -0.2) is 40.4 Å². The molecule has 2 aliphatic carbocycles. The van der Waals surface area contributed by atoms with E-state index < -0.39 is 5.97 Å². The van der Waals surface area contributed by atoms with E-state index >= 15 is 0 Å². The molecule has 1 amide bonds. The number of carbonyl (C=O) groups is 2. The number of nitrogens with zero attached hydrogens (tertiary/aromatic N) is 1. The van der Waals surface area contributed by atoms with Crippen molar-refractivity contribution >= 4 is 40.1 Å². The van der Waals surface area contributed by atoms with E-state index in [1.807, 2.05) is 0 Å². The van der Waals surface area contributed by atoms with Gasteiger partial charge in [-0.25, -0.2) is 4.98 Å². The molecule has 6 nitrogen and oxygen atoms in total. The largest absolute Gasteiger partial charge is 0.481 e. The number of carbonyl (C=O) groups excluding carboxylic acids is 1. The zero-order valence-corrected chi connectivity index (χ0v) is 19.4. The Morgan fingerprint density at radius 1 is 1.20 bits per heavy atom. The highest BCUT2D eigenvalue weighted by Crippen LogP contribution is 2.41. The molecule has 0 radical (unpaired) electrons. The lowest BCUT2D eigenvalue weighted by Gasteiger charge is -2.38. The molecular formula is C22H34N2O4S2. The average molecular weight is 455 g/mol. The van der Waals surface area contributed by atoms with Gasteiger partial charge in [-0.05, 0) is 56.8 Å². The fourth-order valence-electron chi connectivity index (χ4n) is 4.91. The number of amides is 1. The Hall–Kier alpha value is -1.12. The standard InChI is InChI=1S/C22H34N2O4S2/c1-2-12-28-17-10-8-16(9-11-17)20(15-6-4-3-5-7-15)21(27)24-22-23-13-19(30-22)29-14-18(25)26/h13,15-17,20H,2-12,14H2,1H3,(H,25,26)(H,23,24,27)/t16?,17?,20-/m0/s1. The minimum Gasteiger partial charge on any atom is -0.481 e. The van der Waals surface area contributed by atoms with Gasteiger partial charge in [-0.2, -0.15) is 0 Å². The van der Waals surface area contributed by atoms with Crippen molar-refractivity contribution < 1.29 is 19.4 Å². The van der Waals surface area contributed by atoms with E-state index in [4.69, 9.17) is 9.84 Å². The van der Waals surface area contributed by atoms with Crippen LogP contribution in [0.2, 0.25) is 0 Å². The molecule has 0 saturated heterocycles. The molecule has 2 saturated carbocycles. The van der Waals surface area contributed by atoms with E-state index in [1.54, 1.807) is 6.20 Å². The van der Waals surface area contributed by atoms with Crippen molar-refractivity contribution in [3.05, 3.63) is 6.20 Å². The molecule has 2 N–H and O–H groups in total. The van der Waals surface area contributed by atoms with Gasteiger partial charge < -0.3 is 15.2 Å². The second-order valence-electron chi connectivity index (χ2n) is 8.49. The minimum atomic E-state index is -0.852. The van der Waals surface area contributed by atoms with Gasteiger partial charge in [-0.1, -0.05) is 37.5 Å². The van der Waals surface area contributed by atoms with Crippen molar-refractivity contribution in [1.82, 2.24) is 4.98 Å². The van der Waals surface area contributed by atoms with Crippen molar-refractivity contribution in [2.45, 2.75) is 81.4 Å². The molecule has 0 unspecified atom stereocenters. The van der Waals surface area contributed by atoms with Crippen molar-refractivity contribution in [3.8, 4) is 0 Å². The molecule has 168 valence electrons. The first kappa shape index (κ1) is 23.5. The molecule has 2 fully saturated rings. The normalized spacial score (nSPS) is 23.8. The van der Waals surface area contributed by atoms with Crippen LogP contribution < -0.4 is 5.32 Å². The van der Waals surface area contributed by atoms with Gasteiger partial charge in [-0.15, -0.1) is 11.8 Å². The zero-order valence-electron chi connectivity index (χ0n) is 17.8. The fraction of sp³-hybridized carbons (Fsp3) is 0.773. The number of aromatic nitrogens is 1. The average Bonchev–Trinajstić information content (AvgIpc) is 3.20. The molecule has 1 aromatic rings. The van der Waals surface area contributed by atoms with Gasteiger partial charge in [0.15, 0.2) is 5.13 Å². The Labute approximate surface area is 187 Å². The van der Waals surface area contributed by atoms with Gasteiger partial charge in [0.1, 0.15) is 0 Å². The van der Waals surface area contributed by atoms with Gasteiger partial charge in [0.25, 0.3) is 0 Å². The summed E-state index contributed by atoms with van der Waals surface area (Å²) in [6, 6.07) is 0. The molecule has 0 aromatic carbocycles. The number of carboxylic acids is 1. The van der Waals surface area contributed by atoms with Crippen LogP contribution in [0.5, 0.6) is 0 Å². The van der Waals surface area contributed by atoms with Gasteiger partial charge in [0.05, 0.1) is 22.3 Å². The summed E-state index contributed by atoms with van der Waals surface area (Å²) in [7, 11) is 0. The van der Waals surface area contributed by atoms with E-state index in [0.717, 1.165) is 55.8 Å². The van der Waals surface area contributed by atoms with Crippen molar-refractivity contribution in [2.75, 3.05) is 17.7 Å². The Kier molecular flexibility index (Phi) is 9.46.